The maximum Gasteiger partial charge on any atom is 0.415 e. The number of hydrogen-bond donors (Lipinski definition) is 1. The smallest absolute Gasteiger partial charge is 0.415 e. The number of carbonyl (C=O) groups excluding carboxylic acids is 2. The van der Waals surface area contributed by atoms with E-state index in [-0.39, 0.29) is 30.1 Å². The average Bonchev–Trinajstić information content (AvgIpc) is 3.27. The minimum absolute atomic E-state index is 0.131. The van der Waals surface area contributed by atoms with Gasteiger partial charge < -0.3 is 19.5 Å². The summed E-state index contributed by atoms with van der Waals surface area (Å²) in [5.41, 5.74) is 1.12. The fourth-order valence-electron chi connectivity index (χ4n) is 4.96. The second kappa shape index (κ2) is 10.6. The molecular weight excluding hydrogens is 490 g/mol. The van der Waals surface area contributed by atoms with Crippen LogP contribution in [-0.4, -0.2) is 52.8 Å². The van der Waals surface area contributed by atoms with Crippen molar-refractivity contribution < 1.29 is 29.0 Å². The van der Waals surface area contributed by atoms with E-state index in [2.05, 4.69) is 6.08 Å². The lowest BCUT2D eigenvalue weighted by Crippen LogP contribution is -2.38. The summed E-state index contributed by atoms with van der Waals surface area (Å²) in [6, 6.07) is 12.8. The predicted octanol–water partition coefficient (Wildman–Crippen LogP) is 5.60. The van der Waals surface area contributed by atoms with Gasteiger partial charge in [0, 0.05) is 24.9 Å². The molecule has 37 heavy (non-hydrogen) atoms. The van der Waals surface area contributed by atoms with E-state index >= 15 is 0 Å². The zero-order chi connectivity index (χ0) is 26.9. The van der Waals surface area contributed by atoms with Crippen LogP contribution in [0.2, 0.25) is 0 Å². The molecule has 0 unspecified atom stereocenters. The number of hydrogen-bond acceptors (Lipinski definition) is 6. The third-order valence-corrected chi connectivity index (χ3v) is 8.07. The summed E-state index contributed by atoms with van der Waals surface area (Å²) >= 11 is 1.60. The van der Waals surface area contributed by atoms with Crippen LogP contribution in [0.3, 0.4) is 0 Å². The normalized spacial score (nSPS) is 21.2. The van der Waals surface area contributed by atoms with E-state index in [1.54, 1.807) is 40.9 Å². The minimum Gasteiger partial charge on any atom is -0.478 e. The number of nitrogens with zero attached hydrogens (tertiary/aromatic N) is 1. The van der Waals surface area contributed by atoms with Crippen LogP contribution in [0.4, 0.5) is 4.79 Å². The van der Waals surface area contributed by atoms with Crippen molar-refractivity contribution in [2.24, 2.45) is 11.8 Å². The number of para-hydroxylation sites is 1. The second-order valence-electron chi connectivity index (χ2n) is 10.2. The van der Waals surface area contributed by atoms with Crippen molar-refractivity contribution in [2.45, 2.75) is 45.6 Å². The number of carboxylic acids is 1. The molecule has 2 aromatic carbocycles. The number of likely N-dealkylation sites (tertiary alicyclic amines) is 1. The Bertz CT molecular complexity index is 1220. The van der Waals surface area contributed by atoms with Gasteiger partial charge in [0.25, 0.3) is 0 Å². The van der Waals surface area contributed by atoms with E-state index in [1.165, 1.54) is 13.8 Å². The van der Waals surface area contributed by atoms with Crippen molar-refractivity contribution in [1.82, 2.24) is 4.90 Å². The lowest BCUT2D eigenvalue weighted by Gasteiger charge is -2.29. The number of amides is 1. The molecule has 2 aromatic rings. The summed E-state index contributed by atoms with van der Waals surface area (Å²) in [5.74, 6) is -0.641. The molecule has 0 radical (unpaired) electrons. The molecule has 1 amide bonds. The number of aliphatic carboxylic acids is 1. The molecular formula is C29H33NO6S. The number of ketones is 1. The van der Waals surface area contributed by atoms with Gasteiger partial charge in [-0.3, -0.25) is 4.79 Å². The summed E-state index contributed by atoms with van der Waals surface area (Å²) in [7, 11) is 0. The lowest BCUT2D eigenvalue weighted by atomic mass is 9.77. The van der Waals surface area contributed by atoms with Crippen molar-refractivity contribution in [1.29, 1.82) is 0 Å². The summed E-state index contributed by atoms with van der Waals surface area (Å²) in [6.45, 7) is 7.41. The van der Waals surface area contributed by atoms with E-state index in [9.17, 15) is 19.5 Å². The van der Waals surface area contributed by atoms with Gasteiger partial charge in [-0.25, -0.2) is 9.59 Å². The topological polar surface area (TPSA) is 93.1 Å². The molecule has 1 aliphatic heterocycles. The Kier molecular flexibility index (Phi) is 7.69. The fraction of sp³-hybridized carbons (Fsp3) is 0.414. The molecule has 0 aromatic heterocycles. The van der Waals surface area contributed by atoms with Gasteiger partial charge >= 0.3 is 12.1 Å². The largest absolute Gasteiger partial charge is 0.478 e. The Hall–Kier alpha value is -3.26. The Morgan fingerprint density at radius 3 is 2.24 bits per heavy atom. The van der Waals surface area contributed by atoms with Crippen molar-refractivity contribution >= 4 is 29.6 Å². The number of thioether (sulfide) groups is 1. The van der Waals surface area contributed by atoms with Crippen LogP contribution >= 0.6 is 11.8 Å². The zero-order valence-electron chi connectivity index (χ0n) is 21.8. The first-order chi connectivity index (χ1) is 17.5. The van der Waals surface area contributed by atoms with Gasteiger partial charge in [-0.1, -0.05) is 36.4 Å². The van der Waals surface area contributed by atoms with Crippen molar-refractivity contribution in [3.8, 4) is 11.5 Å². The quantitative estimate of drug-likeness (QED) is 0.482. The molecule has 1 saturated heterocycles. The number of rotatable bonds is 8. The summed E-state index contributed by atoms with van der Waals surface area (Å²) < 4.78 is 11.5. The SMILES string of the molecule is CSC1=CC[C@H]1C(=O)[C@H]1CN(C(=O)Oc2ccccc2)C[C@@H]1c1cc(C)c(OC(C)(C)C(=O)O)c(C)c1. The van der Waals surface area contributed by atoms with Crippen molar-refractivity contribution in [2.75, 3.05) is 19.3 Å². The van der Waals surface area contributed by atoms with Gasteiger partial charge in [-0.2, -0.15) is 0 Å². The Balaban J connectivity index is 1.63. The number of benzene rings is 2. The first-order valence-corrected chi connectivity index (χ1v) is 13.6. The van der Waals surface area contributed by atoms with Crippen LogP contribution in [0.15, 0.2) is 53.4 Å². The molecule has 0 bridgehead atoms. The number of carboxylic acid groups (broad SMARTS) is 1. The molecule has 1 heterocycles. The first kappa shape index (κ1) is 26.8. The molecule has 4 rings (SSSR count). The van der Waals surface area contributed by atoms with E-state index < -0.39 is 17.7 Å². The van der Waals surface area contributed by atoms with Gasteiger partial charge in [0.1, 0.15) is 17.3 Å². The highest BCUT2D eigenvalue weighted by Crippen LogP contribution is 2.43. The molecule has 7 nitrogen and oxygen atoms in total. The lowest BCUT2D eigenvalue weighted by molar-refractivity contribution is -0.152. The average molecular weight is 524 g/mol. The fourth-order valence-corrected chi connectivity index (χ4v) is 5.72. The highest BCUT2D eigenvalue weighted by atomic mass is 32.2. The van der Waals surface area contributed by atoms with Gasteiger partial charge in [0.15, 0.2) is 5.60 Å². The minimum atomic E-state index is -1.38. The highest BCUT2D eigenvalue weighted by Gasteiger charge is 2.45. The predicted molar refractivity (Wildman–Crippen MR) is 143 cm³/mol. The van der Waals surface area contributed by atoms with E-state index in [0.29, 0.717) is 18.0 Å². The molecule has 1 N–H and O–H groups in total. The first-order valence-electron chi connectivity index (χ1n) is 12.3. The van der Waals surface area contributed by atoms with Crippen molar-refractivity contribution in [3.05, 3.63) is 70.1 Å². The van der Waals surface area contributed by atoms with Gasteiger partial charge in [-0.15, -0.1) is 11.8 Å². The summed E-state index contributed by atoms with van der Waals surface area (Å²) in [4.78, 5) is 41.0. The summed E-state index contributed by atoms with van der Waals surface area (Å²) in [6.07, 6.45) is 4.31. The second-order valence-corrected chi connectivity index (χ2v) is 11.1. The van der Waals surface area contributed by atoms with Crippen LogP contribution in [0.5, 0.6) is 11.5 Å². The third-order valence-electron chi connectivity index (χ3n) is 7.15. The van der Waals surface area contributed by atoms with Crippen LogP contribution in [0.25, 0.3) is 0 Å². The molecule has 1 aliphatic carbocycles. The van der Waals surface area contributed by atoms with Gasteiger partial charge in [-0.05, 0) is 74.1 Å². The van der Waals surface area contributed by atoms with E-state index in [4.69, 9.17) is 9.47 Å². The van der Waals surface area contributed by atoms with E-state index in [1.807, 2.05) is 38.3 Å². The maximum absolute atomic E-state index is 13.7. The number of carbonyl (C=O) groups is 3. The van der Waals surface area contributed by atoms with Gasteiger partial charge in [0.05, 0.1) is 5.92 Å². The molecule has 0 spiro atoms. The molecule has 2 aliphatic rings. The Labute approximate surface area is 221 Å². The van der Waals surface area contributed by atoms with E-state index in [0.717, 1.165) is 28.0 Å². The molecule has 0 saturated carbocycles. The molecule has 3 atom stereocenters. The van der Waals surface area contributed by atoms with Gasteiger partial charge in [0.2, 0.25) is 0 Å². The van der Waals surface area contributed by atoms with Crippen LogP contribution in [0, 0.1) is 25.7 Å². The number of Topliss-reactive ketones (excluding diaryl/α,β-unsaturated/α-hetero) is 1. The molecule has 8 heteroatoms. The van der Waals surface area contributed by atoms with Crippen LogP contribution in [-0.2, 0) is 9.59 Å². The number of ether oxygens (including phenoxy) is 2. The Morgan fingerprint density at radius 1 is 1.05 bits per heavy atom. The maximum atomic E-state index is 13.7. The standard InChI is InChI=1S/C29H33NO6S/c1-17-13-19(14-18(2)26(17)36-29(3,4)27(32)33)22-15-30(28(34)35-20-9-7-6-8-10-20)16-23(22)25(31)21-11-12-24(21)37-5/h6-10,12-14,21-23H,11,15-16H2,1-5H3,(H,32,33)/t21-,22-,23+/m1/s1. The zero-order valence-corrected chi connectivity index (χ0v) is 22.6. The Morgan fingerprint density at radius 2 is 1.70 bits per heavy atom. The highest BCUT2D eigenvalue weighted by molar-refractivity contribution is 8.02. The van der Waals surface area contributed by atoms with Crippen molar-refractivity contribution in [3.63, 3.8) is 0 Å². The van der Waals surface area contributed by atoms with Crippen LogP contribution < -0.4 is 9.47 Å². The molecule has 196 valence electrons. The summed E-state index contributed by atoms with van der Waals surface area (Å²) in [5, 5.41) is 9.50. The number of allylic oxidation sites excluding steroid dienone is 2. The van der Waals surface area contributed by atoms with Crippen LogP contribution in [0.1, 0.15) is 42.9 Å². The molecule has 1 fully saturated rings. The monoisotopic (exact) mass is 523 g/mol. The number of aryl methyl sites for hydroxylation is 2. The third kappa shape index (κ3) is 5.54.